The third kappa shape index (κ3) is 3.40. The lowest BCUT2D eigenvalue weighted by Crippen LogP contribution is -2.40. The van der Waals surface area contributed by atoms with Gasteiger partial charge in [0, 0.05) is 6.92 Å². The van der Waals surface area contributed by atoms with Gasteiger partial charge in [-0.3, -0.25) is 0 Å². The van der Waals surface area contributed by atoms with E-state index in [2.05, 4.69) is 4.74 Å². The third-order valence-electron chi connectivity index (χ3n) is 0.956. The van der Waals surface area contributed by atoms with Crippen molar-refractivity contribution in [2.75, 3.05) is 0 Å². The second-order valence-electron chi connectivity index (χ2n) is 2.10. The molecule has 0 saturated heterocycles. The summed E-state index contributed by atoms with van der Waals surface area (Å²) in [5, 5.41) is 7.81. The van der Waals surface area contributed by atoms with Crippen molar-refractivity contribution in [3.63, 3.8) is 0 Å². The van der Waals surface area contributed by atoms with Crippen LogP contribution in [0.3, 0.4) is 0 Å². The van der Waals surface area contributed by atoms with E-state index in [9.17, 15) is 22.4 Å². The van der Waals surface area contributed by atoms with Crippen molar-refractivity contribution in [3.8, 4) is 0 Å². The highest BCUT2D eigenvalue weighted by molar-refractivity contribution is 5.57. The summed E-state index contributed by atoms with van der Waals surface area (Å²) in [6.45, 7) is 0.159. The van der Waals surface area contributed by atoms with Crippen molar-refractivity contribution < 1.29 is 32.2 Å². The van der Waals surface area contributed by atoms with Crippen molar-refractivity contribution in [2.45, 2.75) is 25.4 Å². The van der Waals surface area contributed by atoms with Gasteiger partial charge < -0.3 is 9.84 Å². The van der Waals surface area contributed by atoms with E-state index in [1.165, 1.54) is 0 Å². The molecule has 0 spiro atoms. The van der Waals surface area contributed by atoms with E-state index < -0.39 is 24.6 Å². The van der Waals surface area contributed by atoms with Crippen LogP contribution in [0.25, 0.3) is 0 Å². The Hall–Kier alpha value is -1.01. The minimum absolute atomic E-state index is 0.159. The molecular weight excluding hydrogens is 184 g/mol. The smallest absolute Gasteiger partial charge is 0.450 e. The maximum Gasteiger partial charge on any atom is 0.506 e. The number of rotatable bonds is 3. The van der Waals surface area contributed by atoms with Gasteiger partial charge in [0.2, 0.25) is 6.10 Å². The Bertz CT molecular complexity index is 165. The molecule has 0 aromatic rings. The molecule has 0 rings (SSSR count). The predicted molar refractivity (Wildman–Crippen MR) is 29.5 cm³/mol. The maximum absolute atomic E-state index is 12.1. The zero-order valence-electron chi connectivity index (χ0n) is 5.93. The van der Waals surface area contributed by atoms with Crippen LogP contribution in [0.1, 0.15) is 6.92 Å². The number of carbonyl (C=O) groups is 1. The van der Waals surface area contributed by atoms with Gasteiger partial charge in [-0.15, -0.1) is 0 Å². The largest absolute Gasteiger partial charge is 0.506 e. The van der Waals surface area contributed by atoms with E-state index >= 15 is 0 Å². The summed E-state index contributed by atoms with van der Waals surface area (Å²) in [6.07, 6.45) is -8.60. The first-order valence-electron chi connectivity index (χ1n) is 2.80. The van der Waals surface area contributed by atoms with Gasteiger partial charge in [0.15, 0.2) is 0 Å². The summed E-state index contributed by atoms with van der Waals surface area (Å²) >= 11 is 0. The first-order valence-corrected chi connectivity index (χ1v) is 2.80. The van der Waals surface area contributed by atoms with Gasteiger partial charge in [0.05, 0.1) is 0 Å². The van der Waals surface area contributed by atoms with E-state index in [1.54, 1.807) is 0 Å². The minimum atomic E-state index is -3.88. The van der Waals surface area contributed by atoms with Crippen LogP contribution < -0.4 is 0 Å². The SMILES string of the molecule is CC(F)(F)C(OC(=O)O)C(F)F. The number of carboxylic acid groups (broad SMARTS) is 1. The molecule has 7 heteroatoms. The van der Waals surface area contributed by atoms with Gasteiger partial charge in [-0.05, 0) is 0 Å². The fourth-order valence-electron chi connectivity index (χ4n) is 0.485. The topological polar surface area (TPSA) is 46.5 Å². The molecule has 0 radical (unpaired) electrons. The number of alkyl halides is 4. The molecule has 12 heavy (non-hydrogen) atoms. The fourth-order valence-corrected chi connectivity index (χ4v) is 0.485. The lowest BCUT2D eigenvalue weighted by Gasteiger charge is -2.20. The molecule has 1 N–H and O–H groups in total. The van der Waals surface area contributed by atoms with Crippen LogP contribution in [-0.2, 0) is 4.74 Å². The Balaban J connectivity index is 4.35. The molecule has 0 aliphatic rings. The highest BCUT2D eigenvalue weighted by atomic mass is 19.3. The van der Waals surface area contributed by atoms with Crippen molar-refractivity contribution >= 4 is 6.16 Å². The normalized spacial score (nSPS) is 14.5. The fraction of sp³-hybridized carbons (Fsp3) is 0.800. The molecule has 0 bridgehead atoms. The van der Waals surface area contributed by atoms with E-state index in [1.807, 2.05) is 0 Å². The Morgan fingerprint density at radius 3 is 2.00 bits per heavy atom. The highest BCUT2D eigenvalue weighted by Crippen LogP contribution is 2.25. The van der Waals surface area contributed by atoms with Crippen molar-refractivity contribution in [1.29, 1.82) is 0 Å². The van der Waals surface area contributed by atoms with Gasteiger partial charge in [-0.25, -0.2) is 22.4 Å². The van der Waals surface area contributed by atoms with Crippen LogP contribution in [0.4, 0.5) is 22.4 Å². The summed E-state index contributed by atoms with van der Waals surface area (Å²) in [6, 6.07) is 0. The molecular formula is C5H6F4O3. The molecule has 72 valence electrons. The summed E-state index contributed by atoms with van der Waals surface area (Å²) in [4.78, 5) is 9.67. The van der Waals surface area contributed by atoms with Crippen LogP contribution in [0.5, 0.6) is 0 Å². The second-order valence-corrected chi connectivity index (χ2v) is 2.10. The van der Waals surface area contributed by atoms with Crippen LogP contribution >= 0.6 is 0 Å². The molecule has 0 saturated carbocycles. The van der Waals surface area contributed by atoms with E-state index in [0.29, 0.717) is 0 Å². The van der Waals surface area contributed by atoms with Crippen LogP contribution in [0.2, 0.25) is 0 Å². The quantitative estimate of drug-likeness (QED) is 0.546. The summed E-state index contributed by atoms with van der Waals surface area (Å²) in [5.41, 5.74) is 0. The minimum Gasteiger partial charge on any atom is -0.450 e. The Morgan fingerprint density at radius 2 is 1.92 bits per heavy atom. The molecule has 0 amide bonds. The van der Waals surface area contributed by atoms with Crippen molar-refractivity contribution in [1.82, 2.24) is 0 Å². The molecule has 0 heterocycles. The predicted octanol–water partition coefficient (Wildman–Crippen LogP) is 1.97. The first kappa shape index (κ1) is 11.0. The van der Waals surface area contributed by atoms with Gasteiger partial charge in [0.25, 0.3) is 12.3 Å². The average Bonchev–Trinajstić information content (AvgIpc) is 1.79. The van der Waals surface area contributed by atoms with Gasteiger partial charge in [0.1, 0.15) is 0 Å². The van der Waals surface area contributed by atoms with Crippen molar-refractivity contribution in [3.05, 3.63) is 0 Å². The molecule has 0 aromatic carbocycles. The average molecular weight is 190 g/mol. The van der Waals surface area contributed by atoms with Crippen LogP contribution in [0.15, 0.2) is 0 Å². The molecule has 3 nitrogen and oxygen atoms in total. The Morgan fingerprint density at radius 1 is 1.50 bits per heavy atom. The second kappa shape index (κ2) is 3.59. The number of hydrogen-bond donors (Lipinski definition) is 1. The lowest BCUT2D eigenvalue weighted by atomic mass is 10.2. The number of hydrogen-bond acceptors (Lipinski definition) is 2. The van der Waals surface area contributed by atoms with E-state index in [-0.39, 0.29) is 6.92 Å². The van der Waals surface area contributed by atoms with Gasteiger partial charge in [-0.2, -0.15) is 0 Å². The first-order chi connectivity index (χ1) is 5.25. The lowest BCUT2D eigenvalue weighted by molar-refractivity contribution is -0.159. The zero-order chi connectivity index (χ0) is 9.94. The summed E-state index contributed by atoms with van der Waals surface area (Å²) in [7, 11) is 0. The molecule has 1 unspecified atom stereocenters. The summed E-state index contributed by atoms with van der Waals surface area (Å²) in [5.74, 6) is -3.88. The number of halogens is 4. The monoisotopic (exact) mass is 190 g/mol. The summed E-state index contributed by atoms with van der Waals surface area (Å²) < 4.78 is 50.9. The van der Waals surface area contributed by atoms with E-state index in [4.69, 9.17) is 5.11 Å². The molecule has 0 aliphatic heterocycles. The molecule has 1 atom stereocenters. The third-order valence-corrected chi connectivity index (χ3v) is 0.956. The molecule has 0 fully saturated rings. The highest BCUT2D eigenvalue weighted by Gasteiger charge is 2.44. The Kier molecular flexibility index (Phi) is 3.29. The Labute approximate surface area is 64.9 Å². The molecule has 0 aliphatic carbocycles. The van der Waals surface area contributed by atoms with Crippen molar-refractivity contribution in [2.24, 2.45) is 0 Å². The van der Waals surface area contributed by atoms with Crippen LogP contribution in [-0.4, -0.2) is 29.7 Å². The standard InChI is InChI=1S/C5H6F4O3/c1-5(8,9)2(3(6)7)12-4(10)11/h2-3H,1H3,(H,10,11). The van der Waals surface area contributed by atoms with Gasteiger partial charge >= 0.3 is 6.16 Å². The van der Waals surface area contributed by atoms with Crippen LogP contribution in [0, 0.1) is 0 Å². The maximum atomic E-state index is 12.1. The van der Waals surface area contributed by atoms with Gasteiger partial charge in [-0.1, -0.05) is 0 Å². The molecule has 0 aromatic heterocycles. The van der Waals surface area contributed by atoms with E-state index in [0.717, 1.165) is 0 Å². The number of ether oxygens (including phenoxy) is 1. The zero-order valence-corrected chi connectivity index (χ0v) is 5.93.